The molecule has 0 bridgehead atoms. The minimum atomic E-state index is -0.780. The molecule has 1 aliphatic rings. The highest BCUT2D eigenvalue weighted by Crippen LogP contribution is 2.26. The molecule has 34 heavy (non-hydrogen) atoms. The molecule has 2 aromatic carbocycles. The third-order valence-corrected chi connectivity index (χ3v) is 6.17. The Morgan fingerprint density at radius 2 is 1.94 bits per heavy atom. The van der Waals surface area contributed by atoms with Crippen LogP contribution in [-0.2, 0) is 24.0 Å². The second kappa shape index (κ2) is 9.07. The lowest BCUT2D eigenvalue weighted by Crippen LogP contribution is -2.24. The Morgan fingerprint density at radius 3 is 2.71 bits per heavy atom. The molecule has 3 N–H and O–H groups in total. The largest absolute Gasteiger partial charge is 0.384 e. The van der Waals surface area contributed by atoms with Crippen LogP contribution in [0.25, 0.3) is 16.7 Å². The zero-order valence-electron chi connectivity index (χ0n) is 18.9. The minimum absolute atomic E-state index is 0.0936. The van der Waals surface area contributed by atoms with Gasteiger partial charge in [0.1, 0.15) is 5.56 Å². The number of carbonyl (C=O) groups excluding carboxylic acids is 1. The molecule has 1 amide bonds. The second-order valence-electron chi connectivity index (χ2n) is 8.41. The van der Waals surface area contributed by atoms with Crippen molar-refractivity contribution in [2.45, 2.75) is 25.7 Å². The molecule has 0 saturated heterocycles. The number of benzene rings is 2. The molecular formula is C26H25N5O3. The van der Waals surface area contributed by atoms with E-state index in [2.05, 4.69) is 27.4 Å². The van der Waals surface area contributed by atoms with E-state index < -0.39 is 11.3 Å². The van der Waals surface area contributed by atoms with E-state index in [4.69, 9.17) is 10.5 Å². The number of pyridine rings is 1. The Bertz CT molecular complexity index is 1440. The Morgan fingerprint density at radius 1 is 1.15 bits per heavy atom. The monoisotopic (exact) mass is 455 g/mol. The van der Waals surface area contributed by atoms with E-state index in [1.165, 1.54) is 23.5 Å². The Labute approximate surface area is 196 Å². The molecule has 2 heterocycles. The van der Waals surface area contributed by atoms with Crippen molar-refractivity contribution in [1.29, 1.82) is 0 Å². The summed E-state index contributed by atoms with van der Waals surface area (Å²) in [5.41, 5.74) is 10.7. The molecule has 1 aliphatic carbocycles. The van der Waals surface area contributed by atoms with Crippen LogP contribution in [0.1, 0.15) is 33.5 Å². The number of amides is 1. The number of nitrogens with zero attached hydrogens (tertiary/aromatic N) is 3. The zero-order chi connectivity index (χ0) is 23.7. The van der Waals surface area contributed by atoms with Gasteiger partial charge in [-0.25, -0.2) is 4.98 Å². The molecule has 0 saturated carbocycles. The van der Waals surface area contributed by atoms with E-state index in [0.717, 1.165) is 42.6 Å². The fourth-order valence-electron chi connectivity index (χ4n) is 4.35. The average molecular weight is 456 g/mol. The summed E-state index contributed by atoms with van der Waals surface area (Å²) in [6.45, 7) is 0.661. The van der Waals surface area contributed by atoms with Crippen molar-refractivity contribution >= 4 is 28.6 Å². The lowest BCUT2D eigenvalue weighted by atomic mass is 10.1. The number of hydrogen-bond acceptors (Lipinski definition) is 6. The first-order chi connectivity index (χ1) is 16.5. The number of hydrogen-bond donors (Lipinski definition) is 2. The molecule has 4 aromatic rings. The molecule has 0 atom stereocenters. The number of carbonyl (C=O) groups is 1. The van der Waals surface area contributed by atoms with Gasteiger partial charge in [-0.05, 0) is 66.6 Å². The third kappa shape index (κ3) is 4.15. The summed E-state index contributed by atoms with van der Waals surface area (Å²) in [7, 11) is 1.68. The van der Waals surface area contributed by atoms with Gasteiger partial charge in [0.15, 0.2) is 5.65 Å². The summed E-state index contributed by atoms with van der Waals surface area (Å²) < 4.78 is 6.87. The van der Waals surface area contributed by atoms with Crippen LogP contribution in [0, 0.1) is 0 Å². The first-order valence-corrected chi connectivity index (χ1v) is 11.2. The van der Waals surface area contributed by atoms with E-state index in [1.54, 1.807) is 11.7 Å². The van der Waals surface area contributed by atoms with Crippen LogP contribution in [0.4, 0.5) is 11.6 Å². The van der Waals surface area contributed by atoms with Crippen molar-refractivity contribution < 1.29 is 9.53 Å². The average Bonchev–Trinajstić information content (AvgIpc) is 3.32. The molecule has 0 aliphatic heterocycles. The second-order valence-corrected chi connectivity index (χ2v) is 8.41. The van der Waals surface area contributed by atoms with Gasteiger partial charge in [0.25, 0.3) is 5.91 Å². The molecule has 0 fully saturated rings. The molecule has 0 radical (unpaired) electrons. The lowest BCUT2D eigenvalue weighted by molar-refractivity contribution is 0.0999. The molecular weight excluding hydrogens is 430 g/mol. The minimum Gasteiger partial charge on any atom is -0.384 e. The fourth-order valence-corrected chi connectivity index (χ4v) is 4.35. The predicted molar refractivity (Wildman–Crippen MR) is 131 cm³/mol. The maximum Gasteiger partial charge on any atom is 0.254 e. The highest BCUT2D eigenvalue weighted by Gasteiger charge is 2.18. The SMILES string of the molecule is COCCc1ccc(Nc2ncc3c(=O)c(C(N)=O)cn(-c4ccc5c(c4)CCC5)c3n2)cc1. The van der Waals surface area contributed by atoms with Crippen LogP contribution in [0.2, 0.25) is 0 Å². The van der Waals surface area contributed by atoms with Gasteiger partial charge in [-0.2, -0.15) is 4.98 Å². The van der Waals surface area contributed by atoms with E-state index in [9.17, 15) is 9.59 Å². The predicted octanol–water partition coefficient (Wildman–Crippen LogP) is 3.30. The Balaban J connectivity index is 1.58. The number of anilines is 2. The molecule has 5 rings (SSSR count). The van der Waals surface area contributed by atoms with Gasteiger partial charge >= 0.3 is 0 Å². The molecule has 0 unspecified atom stereocenters. The van der Waals surface area contributed by atoms with Gasteiger partial charge in [-0.3, -0.25) is 9.59 Å². The lowest BCUT2D eigenvalue weighted by Gasteiger charge is -2.14. The first kappa shape index (κ1) is 21.8. The number of nitrogens with two attached hydrogens (primary N) is 1. The van der Waals surface area contributed by atoms with Crippen LogP contribution in [0.15, 0.2) is 59.7 Å². The third-order valence-electron chi connectivity index (χ3n) is 6.17. The van der Waals surface area contributed by atoms with Crippen molar-refractivity contribution in [3.8, 4) is 5.69 Å². The topological polar surface area (TPSA) is 112 Å². The van der Waals surface area contributed by atoms with Crippen LogP contribution in [0.5, 0.6) is 0 Å². The van der Waals surface area contributed by atoms with Crippen LogP contribution in [-0.4, -0.2) is 34.2 Å². The number of fused-ring (bicyclic) bond motifs is 2. The molecule has 0 spiro atoms. The highest BCUT2D eigenvalue weighted by molar-refractivity contribution is 5.96. The van der Waals surface area contributed by atoms with Gasteiger partial charge < -0.3 is 20.4 Å². The van der Waals surface area contributed by atoms with Crippen molar-refractivity contribution in [1.82, 2.24) is 14.5 Å². The number of aromatic nitrogens is 3. The van der Waals surface area contributed by atoms with Crippen molar-refractivity contribution in [2.75, 3.05) is 19.0 Å². The summed E-state index contributed by atoms with van der Waals surface area (Å²) >= 11 is 0. The van der Waals surface area contributed by atoms with E-state index >= 15 is 0 Å². The number of aryl methyl sites for hydroxylation is 2. The van der Waals surface area contributed by atoms with Gasteiger partial charge in [0.2, 0.25) is 11.4 Å². The standard InChI is InChI=1S/C26H25N5O3/c1-34-12-11-16-5-8-19(9-6-16)29-26-28-14-21-23(32)22(24(27)33)15-31(25(21)30-26)20-10-7-17-3-2-4-18(17)13-20/h5-10,13-15H,2-4,11-12H2,1H3,(H2,27,33)(H,28,29,30). The number of nitrogens with one attached hydrogen (secondary N) is 1. The van der Waals surface area contributed by atoms with E-state index in [-0.39, 0.29) is 10.9 Å². The van der Waals surface area contributed by atoms with Crippen LogP contribution >= 0.6 is 0 Å². The Hall–Kier alpha value is -4.04. The Kier molecular flexibility index (Phi) is 5.81. The van der Waals surface area contributed by atoms with E-state index in [0.29, 0.717) is 18.2 Å². The number of methoxy groups -OCH3 is 1. The zero-order valence-corrected chi connectivity index (χ0v) is 18.9. The van der Waals surface area contributed by atoms with E-state index in [1.807, 2.05) is 30.3 Å². The normalized spacial score (nSPS) is 12.6. The summed E-state index contributed by atoms with van der Waals surface area (Å²) in [5.74, 6) is -0.434. The number of rotatable bonds is 7. The summed E-state index contributed by atoms with van der Waals surface area (Å²) in [4.78, 5) is 33.9. The summed E-state index contributed by atoms with van der Waals surface area (Å²) in [6, 6.07) is 14.1. The van der Waals surface area contributed by atoms with Gasteiger partial charge in [0.05, 0.1) is 12.0 Å². The van der Waals surface area contributed by atoms with Gasteiger partial charge in [-0.1, -0.05) is 18.2 Å². The van der Waals surface area contributed by atoms with Crippen molar-refractivity contribution in [3.05, 3.63) is 87.3 Å². The first-order valence-electron chi connectivity index (χ1n) is 11.2. The molecule has 172 valence electrons. The molecule has 2 aromatic heterocycles. The molecule has 8 nitrogen and oxygen atoms in total. The van der Waals surface area contributed by atoms with Crippen LogP contribution < -0.4 is 16.5 Å². The summed E-state index contributed by atoms with van der Waals surface area (Å²) in [5, 5.41) is 3.43. The smallest absolute Gasteiger partial charge is 0.254 e. The number of primary amides is 1. The highest BCUT2D eigenvalue weighted by atomic mass is 16.5. The van der Waals surface area contributed by atoms with Crippen LogP contribution in [0.3, 0.4) is 0 Å². The fraction of sp³-hybridized carbons (Fsp3) is 0.231. The van der Waals surface area contributed by atoms with Gasteiger partial charge in [0, 0.05) is 30.9 Å². The maximum absolute atomic E-state index is 12.9. The number of ether oxygens (including phenoxy) is 1. The van der Waals surface area contributed by atoms with Crippen molar-refractivity contribution in [2.24, 2.45) is 5.73 Å². The quantitative estimate of drug-likeness (QED) is 0.442. The van der Waals surface area contributed by atoms with Gasteiger partial charge in [-0.15, -0.1) is 0 Å². The maximum atomic E-state index is 12.9. The molecule has 8 heteroatoms. The van der Waals surface area contributed by atoms with Crippen molar-refractivity contribution in [3.63, 3.8) is 0 Å². The summed E-state index contributed by atoms with van der Waals surface area (Å²) in [6.07, 6.45) is 6.94.